The standard InChI is InChI=1S/C22H27N5O2/c28-20(17-18-5-2-1-3-6-18)25-11-7-19(8-12-25)21(29)26-13-15-27(16-14-26)22-23-9-4-10-24-22/h1-6,9-10,19H,7-8,11-17H2. The van der Waals surface area contributed by atoms with Crippen molar-refractivity contribution in [3.8, 4) is 0 Å². The highest BCUT2D eigenvalue weighted by Gasteiger charge is 2.32. The van der Waals surface area contributed by atoms with Crippen LogP contribution in [0.2, 0.25) is 0 Å². The van der Waals surface area contributed by atoms with Gasteiger partial charge in [-0.05, 0) is 24.5 Å². The van der Waals surface area contributed by atoms with Crippen LogP contribution in [0.25, 0.3) is 0 Å². The molecular weight excluding hydrogens is 366 g/mol. The van der Waals surface area contributed by atoms with E-state index in [4.69, 9.17) is 0 Å². The molecule has 2 aliphatic rings. The molecule has 7 heteroatoms. The molecule has 1 aromatic carbocycles. The smallest absolute Gasteiger partial charge is 0.226 e. The maximum Gasteiger partial charge on any atom is 0.226 e. The Morgan fingerprint density at radius 2 is 1.48 bits per heavy atom. The highest BCUT2D eigenvalue weighted by molar-refractivity contribution is 5.81. The Balaban J connectivity index is 1.24. The molecule has 2 fully saturated rings. The minimum absolute atomic E-state index is 0.0234. The van der Waals surface area contributed by atoms with Crippen molar-refractivity contribution in [2.45, 2.75) is 19.3 Å². The van der Waals surface area contributed by atoms with Gasteiger partial charge in [-0.1, -0.05) is 30.3 Å². The lowest BCUT2D eigenvalue weighted by atomic mass is 9.94. The molecule has 0 N–H and O–H groups in total. The molecule has 4 rings (SSSR count). The van der Waals surface area contributed by atoms with Crippen molar-refractivity contribution in [1.82, 2.24) is 19.8 Å². The van der Waals surface area contributed by atoms with Crippen molar-refractivity contribution in [2.75, 3.05) is 44.2 Å². The summed E-state index contributed by atoms with van der Waals surface area (Å²) < 4.78 is 0. The molecule has 29 heavy (non-hydrogen) atoms. The van der Waals surface area contributed by atoms with Crippen molar-refractivity contribution in [1.29, 1.82) is 0 Å². The molecule has 0 saturated carbocycles. The molecule has 0 radical (unpaired) electrons. The Labute approximate surface area is 171 Å². The number of benzene rings is 1. The zero-order valence-corrected chi connectivity index (χ0v) is 16.6. The van der Waals surface area contributed by atoms with E-state index < -0.39 is 0 Å². The number of carbonyl (C=O) groups is 2. The number of carbonyl (C=O) groups excluding carboxylic acids is 2. The first kappa shape index (κ1) is 19.4. The Kier molecular flexibility index (Phi) is 6.03. The van der Waals surface area contributed by atoms with E-state index in [1.54, 1.807) is 18.5 Å². The molecule has 0 aliphatic carbocycles. The fraction of sp³-hybridized carbons (Fsp3) is 0.455. The lowest BCUT2D eigenvalue weighted by molar-refractivity contribution is -0.140. The summed E-state index contributed by atoms with van der Waals surface area (Å²) in [6, 6.07) is 11.6. The quantitative estimate of drug-likeness (QED) is 0.789. The molecule has 3 heterocycles. The first-order chi connectivity index (χ1) is 14.2. The van der Waals surface area contributed by atoms with Gasteiger partial charge in [0.1, 0.15) is 0 Å². The van der Waals surface area contributed by atoms with Gasteiger partial charge in [-0.2, -0.15) is 0 Å². The number of likely N-dealkylation sites (tertiary alicyclic amines) is 1. The van der Waals surface area contributed by atoms with E-state index in [2.05, 4.69) is 14.9 Å². The van der Waals surface area contributed by atoms with E-state index in [9.17, 15) is 9.59 Å². The predicted molar refractivity (Wildman–Crippen MR) is 110 cm³/mol. The molecule has 2 aromatic rings. The van der Waals surface area contributed by atoms with E-state index in [-0.39, 0.29) is 17.7 Å². The summed E-state index contributed by atoms with van der Waals surface area (Å²) in [5.74, 6) is 1.13. The molecule has 2 amide bonds. The average Bonchev–Trinajstić information content (AvgIpc) is 2.80. The highest BCUT2D eigenvalue weighted by atomic mass is 16.2. The average molecular weight is 393 g/mol. The lowest BCUT2D eigenvalue weighted by Gasteiger charge is -2.38. The second-order valence-electron chi connectivity index (χ2n) is 7.68. The van der Waals surface area contributed by atoms with E-state index in [1.165, 1.54) is 0 Å². The Hall–Kier alpha value is -2.96. The van der Waals surface area contributed by atoms with Crippen molar-refractivity contribution in [2.24, 2.45) is 5.92 Å². The first-order valence-corrected chi connectivity index (χ1v) is 10.3. The molecule has 0 spiro atoms. The molecule has 2 aliphatic heterocycles. The van der Waals surface area contributed by atoms with Crippen LogP contribution in [0, 0.1) is 5.92 Å². The van der Waals surface area contributed by atoms with Crippen LogP contribution in [0.4, 0.5) is 5.95 Å². The number of rotatable bonds is 4. The maximum atomic E-state index is 12.9. The number of aromatic nitrogens is 2. The van der Waals surface area contributed by atoms with Crippen LogP contribution in [0.3, 0.4) is 0 Å². The summed E-state index contributed by atoms with van der Waals surface area (Å²) in [5, 5.41) is 0. The molecule has 2 saturated heterocycles. The number of hydrogen-bond acceptors (Lipinski definition) is 5. The third kappa shape index (κ3) is 4.72. The topological polar surface area (TPSA) is 69.6 Å². The number of hydrogen-bond donors (Lipinski definition) is 0. The van der Waals surface area contributed by atoms with Crippen LogP contribution in [0.5, 0.6) is 0 Å². The Morgan fingerprint density at radius 3 is 2.14 bits per heavy atom. The molecule has 7 nitrogen and oxygen atoms in total. The van der Waals surface area contributed by atoms with Gasteiger partial charge in [0.05, 0.1) is 6.42 Å². The van der Waals surface area contributed by atoms with Crippen LogP contribution in [-0.2, 0) is 16.0 Å². The number of nitrogens with zero attached hydrogens (tertiary/aromatic N) is 5. The van der Waals surface area contributed by atoms with Gasteiger partial charge in [0.2, 0.25) is 17.8 Å². The minimum atomic E-state index is 0.0234. The van der Waals surface area contributed by atoms with Crippen molar-refractivity contribution in [3.63, 3.8) is 0 Å². The zero-order chi connectivity index (χ0) is 20.1. The summed E-state index contributed by atoms with van der Waals surface area (Å²) in [4.78, 5) is 40.0. The summed E-state index contributed by atoms with van der Waals surface area (Å²) in [5.41, 5.74) is 1.04. The number of piperazine rings is 1. The largest absolute Gasteiger partial charge is 0.342 e. The van der Waals surface area contributed by atoms with Gasteiger partial charge in [-0.25, -0.2) is 9.97 Å². The number of anilines is 1. The summed E-state index contributed by atoms with van der Waals surface area (Å²) in [6.07, 6.45) is 5.42. The third-order valence-corrected chi connectivity index (χ3v) is 5.82. The van der Waals surface area contributed by atoms with Crippen LogP contribution in [-0.4, -0.2) is 70.9 Å². The van der Waals surface area contributed by atoms with Gasteiger partial charge in [-0.3, -0.25) is 9.59 Å². The van der Waals surface area contributed by atoms with Crippen LogP contribution >= 0.6 is 0 Å². The van der Waals surface area contributed by atoms with Crippen LogP contribution in [0.1, 0.15) is 18.4 Å². The SMILES string of the molecule is O=C(Cc1ccccc1)N1CCC(C(=O)N2CCN(c3ncccn3)CC2)CC1. The Bertz CT molecular complexity index is 814. The van der Waals surface area contributed by atoms with Gasteiger partial charge < -0.3 is 14.7 Å². The van der Waals surface area contributed by atoms with Crippen molar-refractivity contribution < 1.29 is 9.59 Å². The highest BCUT2D eigenvalue weighted by Crippen LogP contribution is 2.22. The van der Waals surface area contributed by atoms with Crippen molar-refractivity contribution >= 4 is 17.8 Å². The lowest BCUT2D eigenvalue weighted by Crippen LogP contribution is -2.52. The maximum absolute atomic E-state index is 12.9. The Morgan fingerprint density at radius 1 is 0.828 bits per heavy atom. The molecule has 1 aromatic heterocycles. The number of amides is 2. The third-order valence-electron chi connectivity index (χ3n) is 5.82. The summed E-state index contributed by atoms with van der Waals surface area (Å²) in [6.45, 7) is 4.24. The fourth-order valence-electron chi connectivity index (χ4n) is 4.10. The second kappa shape index (κ2) is 9.03. The predicted octanol–water partition coefficient (Wildman–Crippen LogP) is 1.61. The van der Waals surface area contributed by atoms with E-state index >= 15 is 0 Å². The van der Waals surface area contributed by atoms with E-state index in [0.717, 1.165) is 37.4 Å². The van der Waals surface area contributed by atoms with Gasteiger partial charge in [0.25, 0.3) is 0 Å². The molecule has 152 valence electrons. The molecule has 0 unspecified atom stereocenters. The number of piperidine rings is 1. The van der Waals surface area contributed by atoms with Crippen LogP contribution in [0.15, 0.2) is 48.8 Å². The molecule has 0 bridgehead atoms. The minimum Gasteiger partial charge on any atom is -0.342 e. The van der Waals surface area contributed by atoms with Crippen molar-refractivity contribution in [3.05, 3.63) is 54.4 Å². The van der Waals surface area contributed by atoms with E-state index in [1.807, 2.05) is 40.1 Å². The van der Waals surface area contributed by atoms with Gasteiger partial charge in [-0.15, -0.1) is 0 Å². The normalized spacial score (nSPS) is 18.0. The monoisotopic (exact) mass is 393 g/mol. The fourth-order valence-corrected chi connectivity index (χ4v) is 4.10. The molecule has 0 atom stereocenters. The van der Waals surface area contributed by atoms with E-state index in [0.29, 0.717) is 32.6 Å². The van der Waals surface area contributed by atoms with Gasteiger partial charge >= 0.3 is 0 Å². The summed E-state index contributed by atoms with van der Waals surface area (Å²) in [7, 11) is 0. The zero-order valence-electron chi connectivity index (χ0n) is 16.6. The second-order valence-corrected chi connectivity index (χ2v) is 7.68. The molecular formula is C22H27N5O2. The van der Waals surface area contributed by atoms with Gasteiger partial charge in [0, 0.05) is 57.6 Å². The summed E-state index contributed by atoms with van der Waals surface area (Å²) >= 11 is 0. The van der Waals surface area contributed by atoms with Gasteiger partial charge in [0.15, 0.2) is 0 Å². The van der Waals surface area contributed by atoms with Crippen LogP contribution < -0.4 is 4.90 Å². The first-order valence-electron chi connectivity index (χ1n) is 10.3.